The fourth-order valence-electron chi connectivity index (χ4n) is 1.99. The van der Waals surface area contributed by atoms with Gasteiger partial charge in [-0.1, -0.05) is 11.6 Å². The molecule has 1 aliphatic rings. The number of pyridine rings is 1. The molecule has 1 aromatic heterocycles. The number of rotatable bonds is 1. The molecule has 2 N–H and O–H groups in total. The van der Waals surface area contributed by atoms with Crippen LogP contribution in [0.2, 0.25) is 5.02 Å². The van der Waals surface area contributed by atoms with E-state index in [-0.39, 0.29) is 25.7 Å². The van der Waals surface area contributed by atoms with E-state index in [1.165, 1.54) is 6.20 Å². The van der Waals surface area contributed by atoms with E-state index < -0.39 is 11.5 Å². The Labute approximate surface area is 97.8 Å². The molecule has 2 rings (SSSR count). The number of nitrogens with zero attached hydrogens (tertiary/aromatic N) is 1. The molecule has 0 unspecified atom stereocenters. The molecule has 1 fully saturated rings. The standard InChI is InChI=1S/C11H13ClF2N2/c12-8-1-2-9(16-7-8)10(15)3-5-11(13,14)6-4-10/h1-2,7H,3-6,15H2. The second kappa shape index (κ2) is 3.93. The van der Waals surface area contributed by atoms with Crippen LogP contribution in [0, 0.1) is 0 Å². The molecule has 16 heavy (non-hydrogen) atoms. The minimum Gasteiger partial charge on any atom is -0.320 e. The molecule has 0 radical (unpaired) electrons. The molecule has 0 amide bonds. The van der Waals surface area contributed by atoms with Gasteiger partial charge in [0.05, 0.1) is 16.3 Å². The van der Waals surface area contributed by atoms with Crippen molar-refractivity contribution in [2.75, 3.05) is 0 Å². The van der Waals surface area contributed by atoms with Gasteiger partial charge in [0, 0.05) is 19.0 Å². The van der Waals surface area contributed by atoms with E-state index in [4.69, 9.17) is 17.3 Å². The molecule has 1 heterocycles. The number of hydrogen-bond acceptors (Lipinski definition) is 2. The van der Waals surface area contributed by atoms with E-state index in [1.54, 1.807) is 12.1 Å². The van der Waals surface area contributed by atoms with Crippen LogP contribution >= 0.6 is 11.6 Å². The second-order valence-corrected chi connectivity index (χ2v) is 4.81. The third-order valence-corrected chi connectivity index (χ3v) is 3.33. The first-order valence-corrected chi connectivity index (χ1v) is 5.58. The van der Waals surface area contributed by atoms with Crippen molar-refractivity contribution in [1.82, 2.24) is 4.98 Å². The number of nitrogens with two attached hydrogens (primary N) is 1. The van der Waals surface area contributed by atoms with Crippen molar-refractivity contribution in [2.45, 2.75) is 37.1 Å². The van der Waals surface area contributed by atoms with Crippen molar-refractivity contribution in [1.29, 1.82) is 0 Å². The lowest BCUT2D eigenvalue weighted by atomic mass is 9.78. The van der Waals surface area contributed by atoms with Gasteiger partial charge in [-0.3, -0.25) is 4.98 Å². The molecule has 1 saturated carbocycles. The zero-order chi connectivity index (χ0) is 11.8. The highest BCUT2D eigenvalue weighted by molar-refractivity contribution is 6.30. The highest BCUT2D eigenvalue weighted by Gasteiger charge is 2.42. The van der Waals surface area contributed by atoms with Crippen LogP contribution in [0.5, 0.6) is 0 Å². The van der Waals surface area contributed by atoms with E-state index in [0.29, 0.717) is 10.7 Å². The van der Waals surface area contributed by atoms with Crippen LogP contribution in [0.3, 0.4) is 0 Å². The Kier molecular flexibility index (Phi) is 2.88. The largest absolute Gasteiger partial charge is 0.320 e. The molecule has 0 aliphatic heterocycles. The Balaban J connectivity index is 2.18. The van der Waals surface area contributed by atoms with Gasteiger partial charge in [0.2, 0.25) is 5.92 Å². The Hall–Kier alpha value is -0.740. The Morgan fingerprint density at radius 2 is 1.81 bits per heavy atom. The van der Waals surface area contributed by atoms with Gasteiger partial charge < -0.3 is 5.73 Å². The maximum Gasteiger partial charge on any atom is 0.248 e. The predicted octanol–water partition coefficient (Wildman–Crippen LogP) is 3.10. The SMILES string of the molecule is NC1(c2ccc(Cl)cn2)CCC(F)(F)CC1. The van der Waals surface area contributed by atoms with Crippen LogP contribution in [0.1, 0.15) is 31.4 Å². The zero-order valence-electron chi connectivity index (χ0n) is 8.72. The third-order valence-electron chi connectivity index (χ3n) is 3.11. The van der Waals surface area contributed by atoms with Crippen LogP contribution in [0.25, 0.3) is 0 Å². The average Bonchev–Trinajstić information content (AvgIpc) is 2.24. The van der Waals surface area contributed by atoms with Gasteiger partial charge in [0.25, 0.3) is 0 Å². The second-order valence-electron chi connectivity index (χ2n) is 4.37. The summed E-state index contributed by atoms with van der Waals surface area (Å²) in [5.41, 5.74) is 6.03. The van der Waals surface area contributed by atoms with Gasteiger partial charge in [0.1, 0.15) is 0 Å². The molecule has 0 spiro atoms. The molecule has 5 heteroatoms. The highest BCUT2D eigenvalue weighted by atomic mass is 35.5. The van der Waals surface area contributed by atoms with Crippen LogP contribution < -0.4 is 5.73 Å². The summed E-state index contributed by atoms with van der Waals surface area (Å²) >= 11 is 5.72. The predicted molar refractivity (Wildman–Crippen MR) is 58.5 cm³/mol. The number of halogens is 3. The summed E-state index contributed by atoms with van der Waals surface area (Å²) in [6.45, 7) is 0. The maximum absolute atomic E-state index is 13.0. The average molecular weight is 247 g/mol. The lowest BCUT2D eigenvalue weighted by Gasteiger charge is -2.36. The fraction of sp³-hybridized carbons (Fsp3) is 0.545. The molecule has 0 atom stereocenters. The monoisotopic (exact) mass is 246 g/mol. The summed E-state index contributed by atoms with van der Waals surface area (Å²) in [6.07, 6.45) is 1.67. The molecular weight excluding hydrogens is 234 g/mol. The van der Waals surface area contributed by atoms with Gasteiger partial charge >= 0.3 is 0 Å². The van der Waals surface area contributed by atoms with Crippen LogP contribution in [0.4, 0.5) is 8.78 Å². The molecule has 0 saturated heterocycles. The Morgan fingerprint density at radius 3 is 2.31 bits per heavy atom. The molecular formula is C11H13ClF2N2. The normalized spacial score (nSPS) is 23.0. The quantitative estimate of drug-likeness (QED) is 0.827. The number of aromatic nitrogens is 1. The minimum atomic E-state index is -2.57. The first-order valence-electron chi connectivity index (χ1n) is 5.20. The Bertz CT molecular complexity index is 368. The van der Waals surface area contributed by atoms with Crippen molar-refractivity contribution in [2.24, 2.45) is 5.73 Å². The molecule has 1 aromatic rings. The van der Waals surface area contributed by atoms with E-state index in [2.05, 4.69) is 4.98 Å². The summed E-state index contributed by atoms with van der Waals surface area (Å²) in [5.74, 6) is -2.57. The summed E-state index contributed by atoms with van der Waals surface area (Å²) in [4.78, 5) is 4.12. The molecule has 0 aromatic carbocycles. The maximum atomic E-state index is 13.0. The molecule has 2 nitrogen and oxygen atoms in total. The van der Waals surface area contributed by atoms with Crippen LogP contribution in [0.15, 0.2) is 18.3 Å². The molecule has 1 aliphatic carbocycles. The van der Waals surface area contributed by atoms with Gasteiger partial charge in [-0.25, -0.2) is 8.78 Å². The van der Waals surface area contributed by atoms with Gasteiger partial charge in [-0.15, -0.1) is 0 Å². The van der Waals surface area contributed by atoms with Gasteiger partial charge in [0.15, 0.2) is 0 Å². The van der Waals surface area contributed by atoms with E-state index in [1.807, 2.05) is 0 Å². The van der Waals surface area contributed by atoms with Gasteiger partial charge in [-0.05, 0) is 25.0 Å². The molecule has 0 bridgehead atoms. The summed E-state index contributed by atoms with van der Waals surface area (Å²) in [5, 5.41) is 0.522. The van der Waals surface area contributed by atoms with E-state index in [0.717, 1.165) is 0 Å². The van der Waals surface area contributed by atoms with Crippen molar-refractivity contribution in [3.8, 4) is 0 Å². The summed E-state index contributed by atoms with van der Waals surface area (Å²) < 4.78 is 26.1. The van der Waals surface area contributed by atoms with Crippen molar-refractivity contribution >= 4 is 11.6 Å². The number of alkyl halides is 2. The Morgan fingerprint density at radius 1 is 1.19 bits per heavy atom. The number of hydrogen-bond donors (Lipinski definition) is 1. The van der Waals surface area contributed by atoms with E-state index in [9.17, 15) is 8.78 Å². The van der Waals surface area contributed by atoms with Gasteiger partial charge in [-0.2, -0.15) is 0 Å². The first kappa shape index (κ1) is 11.7. The van der Waals surface area contributed by atoms with Crippen LogP contribution in [-0.2, 0) is 5.54 Å². The minimum absolute atomic E-state index is 0.173. The smallest absolute Gasteiger partial charge is 0.248 e. The van der Waals surface area contributed by atoms with Crippen molar-refractivity contribution in [3.05, 3.63) is 29.0 Å². The van der Waals surface area contributed by atoms with Crippen LogP contribution in [-0.4, -0.2) is 10.9 Å². The first-order chi connectivity index (χ1) is 7.41. The third kappa shape index (κ3) is 2.33. The lowest BCUT2D eigenvalue weighted by Crippen LogP contribution is -2.44. The summed E-state index contributed by atoms with van der Waals surface area (Å²) in [7, 11) is 0. The van der Waals surface area contributed by atoms with Crippen molar-refractivity contribution < 1.29 is 8.78 Å². The summed E-state index contributed by atoms with van der Waals surface area (Å²) in [6, 6.07) is 3.40. The fourth-order valence-corrected chi connectivity index (χ4v) is 2.10. The van der Waals surface area contributed by atoms with E-state index >= 15 is 0 Å². The highest BCUT2D eigenvalue weighted by Crippen LogP contribution is 2.41. The van der Waals surface area contributed by atoms with Crippen molar-refractivity contribution in [3.63, 3.8) is 0 Å². The molecule has 88 valence electrons. The zero-order valence-corrected chi connectivity index (χ0v) is 9.47. The topological polar surface area (TPSA) is 38.9 Å². The lowest BCUT2D eigenvalue weighted by molar-refractivity contribution is -0.0519.